The smallest absolute Gasteiger partial charge is 0.224 e. The van der Waals surface area contributed by atoms with Crippen LogP contribution in [0.25, 0.3) is 0 Å². The van der Waals surface area contributed by atoms with Crippen molar-refractivity contribution in [3.63, 3.8) is 0 Å². The minimum absolute atomic E-state index is 0.208. The summed E-state index contributed by atoms with van der Waals surface area (Å²) in [6, 6.07) is 0. The molecule has 1 aliphatic rings. The molecule has 1 saturated heterocycles. The molecule has 0 bridgehead atoms. The summed E-state index contributed by atoms with van der Waals surface area (Å²) >= 11 is 0. The number of carbonyl (C=O) groups is 1. The molecule has 136 valence electrons. The third-order valence-electron chi connectivity index (χ3n) is 4.73. The maximum Gasteiger partial charge on any atom is 0.224 e. The van der Waals surface area contributed by atoms with Gasteiger partial charge in [-0.15, -0.1) is 10.2 Å². The predicted molar refractivity (Wildman–Crippen MR) is 93.8 cm³/mol. The van der Waals surface area contributed by atoms with Crippen molar-refractivity contribution in [3.8, 4) is 0 Å². The number of aromatic amines is 1. The summed E-state index contributed by atoms with van der Waals surface area (Å²) in [6.45, 7) is 9.19. The molecule has 0 atom stereocenters. The van der Waals surface area contributed by atoms with Gasteiger partial charge in [0.2, 0.25) is 5.91 Å². The Morgan fingerprint density at radius 2 is 2.00 bits per heavy atom. The van der Waals surface area contributed by atoms with E-state index in [2.05, 4.69) is 38.9 Å². The summed E-state index contributed by atoms with van der Waals surface area (Å²) in [7, 11) is 0. The fraction of sp³-hybridized carbons (Fsp3) is 0.647. The number of aromatic nitrogens is 5. The zero-order valence-electron chi connectivity index (χ0n) is 15.1. The summed E-state index contributed by atoms with van der Waals surface area (Å²) in [5.41, 5.74) is 2.28. The lowest BCUT2D eigenvalue weighted by Crippen LogP contribution is -2.35. The second-order valence-electron chi connectivity index (χ2n) is 6.57. The molecule has 8 heteroatoms. The number of amides is 1. The van der Waals surface area contributed by atoms with E-state index < -0.39 is 0 Å². The molecule has 1 aliphatic heterocycles. The van der Waals surface area contributed by atoms with Crippen LogP contribution in [0.2, 0.25) is 0 Å². The maximum atomic E-state index is 12.4. The van der Waals surface area contributed by atoms with Crippen LogP contribution in [0, 0.1) is 6.92 Å². The molecule has 1 N–H and O–H groups in total. The predicted octanol–water partition coefficient (Wildman–Crippen LogP) is 0.997. The van der Waals surface area contributed by atoms with Gasteiger partial charge >= 0.3 is 0 Å². The first kappa shape index (κ1) is 17.6. The third-order valence-corrected chi connectivity index (χ3v) is 4.73. The molecule has 0 spiro atoms. The standard InChI is InChI=1S/C17H27N7O/c1-3-16-20-14(2)15(21-16)11-22-6-4-7-24(10-9-22)17(25)5-8-23-12-18-19-13-23/h12-13H,3-11H2,1-2H3,(H,20,21). The topological polar surface area (TPSA) is 82.9 Å². The van der Waals surface area contributed by atoms with Crippen molar-refractivity contribution in [3.05, 3.63) is 29.9 Å². The zero-order chi connectivity index (χ0) is 17.6. The highest BCUT2D eigenvalue weighted by Gasteiger charge is 2.20. The van der Waals surface area contributed by atoms with Crippen molar-refractivity contribution in [1.29, 1.82) is 0 Å². The van der Waals surface area contributed by atoms with Crippen molar-refractivity contribution in [2.24, 2.45) is 0 Å². The summed E-state index contributed by atoms with van der Waals surface area (Å²) < 4.78 is 1.84. The highest BCUT2D eigenvalue weighted by molar-refractivity contribution is 5.76. The average Bonchev–Trinajstić information content (AvgIpc) is 3.18. The minimum Gasteiger partial charge on any atom is -0.346 e. The van der Waals surface area contributed by atoms with E-state index in [4.69, 9.17) is 0 Å². The quantitative estimate of drug-likeness (QED) is 0.844. The molecular weight excluding hydrogens is 318 g/mol. The van der Waals surface area contributed by atoms with Crippen molar-refractivity contribution < 1.29 is 4.79 Å². The molecule has 2 aromatic heterocycles. The molecule has 0 saturated carbocycles. The second kappa shape index (κ2) is 8.24. The molecule has 3 heterocycles. The highest BCUT2D eigenvalue weighted by atomic mass is 16.2. The summed E-state index contributed by atoms with van der Waals surface area (Å²) in [6.07, 6.45) is 5.72. The van der Waals surface area contributed by atoms with Gasteiger partial charge < -0.3 is 14.5 Å². The van der Waals surface area contributed by atoms with E-state index in [-0.39, 0.29) is 5.91 Å². The Morgan fingerprint density at radius 1 is 1.20 bits per heavy atom. The average molecular weight is 345 g/mol. The van der Waals surface area contributed by atoms with Crippen molar-refractivity contribution in [2.75, 3.05) is 26.2 Å². The first-order chi connectivity index (χ1) is 12.2. The van der Waals surface area contributed by atoms with Crippen LogP contribution in [0.5, 0.6) is 0 Å². The van der Waals surface area contributed by atoms with E-state index in [1.165, 1.54) is 0 Å². The Kier molecular flexibility index (Phi) is 5.80. The lowest BCUT2D eigenvalue weighted by atomic mass is 10.3. The number of carbonyl (C=O) groups excluding carboxylic acids is 1. The van der Waals surface area contributed by atoms with Crippen LogP contribution in [-0.2, 0) is 24.3 Å². The van der Waals surface area contributed by atoms with E-state index in [0.29, 0.717) is 13.0 Å². The van der Waals surface area contributed by atoms with Crippen LogP contribution >= 0.6 is 0 Å². The van der Waals surface area contributed by atoms with Crippen LogP contribution in [-0.4, -0.2) is 66.6 Å². The number of hydrogen-bond donors (Lipinski definition) is 1. The Balaban J connectivity index is 1.49. The fourth-order valence-electron chi connectivity index (χ4n) is 3.20. The number of rotatable bonds is 6. The van der Waals surface area contributed by atoms with Gasteiger partial charge in [0.15, 0.2) is 0 Å². The van der Waals surface area contributed by atoms with Crippen LogP contribution in [0.15, 0.2) is 12.7 Å². The highest BCUT2D eigenvalue weighted by Crippen LogP contribution is 2.12. The number of nitrogens with zero attached hydrogens (tertiary/aromatic N) is 6. The molecule has 25 heavy (non-hydrogen) atoms. The van der Waals surface area contributed by atoms with Gasteiger partial charge in [0.05, 0.1) is 5.69 Å². The van der Waals surface area contributed by atoms with E-state index in [0.717, 1.165) is 62.8 Å². The lowest BCUT2D eigenvalue weighted by Gasteiger charge is -2.21. The fourth-order valence-corrected chi connectivity index (χ4v) is 3.20. The van der Waals surface area contributed by atoms with Gasteiger partial charge in [-0.25, -0.2) is 4.98 Å². The first-order valence-electron chi connectivity index (χ1n) is 9.02. The van der Waals surface area contributed by atoms with Gasteiger partial charge in [-0.1, -0.05) is 6.92 Å². The zero-order valence-corrected chi connectivity index (χ0v) is 15.1. The molecule has 3 rings (SSSR count). The van der Waals surface area contributed by atoms with Gasteiger partial charge in [-0.3, -0.25) is 9.69 Å². The molecule has 2 aromatic rings. The molecule has 1 amide bonds. The first-order valence-corrected chi connectivity index (χ1v) is 9.02. The number of H-pyrrole nitrogens is 1. The molecule has 1 fully saturated rings. The number of aryl methyl sites for hydroxylation is 3. The number of hydrogen-bond acceptors (Lipinski definition) is 5. The van der Waals surface area contributed by atoms with Gasteiger partial charge in [0, 0.05) is 57.8 Å². The molecule has 0 aromatic carbocycles. The van der Waals surface area contributed by atoms with Crippen molar-refractivity contribution in [2.45, 2.75) is 46.2 Å². The van der Waals surface area contributed by atoms with E-state index in [1.807, 2.05) is 9.47 Å². The number of imidazole rings is 1. The van der Waals surface area contributed by atoms with Crippen LogP contribution in [0.3, 0.4) is 0 Å². The van der Waals surface area contributed by atoms with Crippen LogP contribution in [0.4, 0.5) is 0 Å². The van der Waals surface area contributed by atoms with Gasteiger partial charge in [0.25, 0.3) is 0 Å². The van der Waals surface area contributed by atoms with E-state index in [1.54, 1.807) is 12.7 Å². The monoisotopic (exact) mass is 345 g/mol. The summed E-state index contributed by atoms with van der Waals surface area (Å²) in [5.74, 6) is 1.26. The second-order valence-corrected chi connectivity index (χ2v) is 6.57. The molecule has 8 nitrogen and oxygen atoms in total. The third kappa shape index (κ3) is 4.66. The van der Waals surface area contributed by atoms with Crippen molar-refractivity contribution >= 4 is 5.91 Å². The molecular formula is C17H27N7O. The maximum absolute atomic E-state index is 12.4. The molecule has 0 aliphatic carbocycles. The van der Waals surface area contributed by atoms with Gasteiger partial charge in [-0.05, 0) is 13.3 Å². The Bertz CT molecular complexity index is 679. The van der Waals surface area contributed by atoms with Crippen LogP contribution < -0.4 is 0 Å². The van der Waals surface area contributed by atoms with Gasteiger partial charge in [0.1, 0.15) is 18.5 Å². The normalized spacial score (nSPS) is 16.2. The van der Waals surface area contributed by atoms with E-state index in [9.17, 15) is 4.79 Å². The van der Waals surface area contributed by atoms with E-state index >= 15 is 0 Å². The molecule has 0 unspecified atom stereocenters. The number of nitrogens with one attached hydrogen (secondary N) is 1. The van der Waals surface area contributed by atoms with Crippen molar-refractivity contribution in [1.82, 2.24) is 34.5 Å². The summed E-state index contributed by atoms with van der Waals surface area (Å²) in [5, 5.41) is 7.53. The molecule has 0 radical (unpaired) electrons. The Labute approximate surface area is 148 Å². The van der Waals surface area contributed by atoms with Crippen LogP contribution in [0.1, 0.15) is 37.0 Å². The summed E-state index contributed by atoms with van der Waals surface area (Å²) in [4.78, 5) is 24.8. The SMILES string of the molecule is CCc1nc(CN2CCCN(C(=O)CCn3cnnc3)CC2)c(C)[nH]1. The minimum atomic E-state index is 0.208. The Morgan fingerprint density at radius 3 is 2.72 bits per heavy atom. The Hall–Kier alpha value is -2.22. The largest absolute Gasteiger partial charge is 0.346 e. The van der Waals surface area contributed by atoms with Gasteiger partial charge in [-0.2, -0.15) is 0 Å². The lowest BCUT2D eigenvalue weighted by molar-refractivity contribution is -0.131.